The molecule has 1 heterocycles. The molecule has 0 bridgehead atoms. The van der Waals surface area contributed by atoms with Crippen molar-refractivity contribution in [1.82, 2.24) is 4.90 Å². The molecule has 1 saturated heterocycles. The number of Topliss-reactive ketones (excluding diaryl/α,β-unsaturated/α-hetero) is 1. The number of carbonyl (C=O) groups is 4. The number of anilines is 1. The summed E-state index contributed by atoms with van der Waals surface area (Å²) >= 11 is 0. The third-order valence-electron chi connectivity index (χ3n) is 8.66. The van der Waals surface area contributed by atoms with Gasteiger partial charge in [0.15, 0.2) is 12.4 Å². The molecule has 2 aliphatic carbocycles. The number of nitrogens with zero attached hydrogens (tertiary/aromatic N) is 2. The Morgan fingerprint density at radius 1 is 0.805 bits per heavy atom. The second-order valence-corrected chi connectivity index (χ2v) is 11.3. The zero-order valence-corrected chi connectivity index (χ0v) is 23.9. The van der Waals surface area contributed by atoms with Crippen molar-refractivity contribution in [2.75, 3.05) is 18.1 Å². The lowest BCUT2D eigenvalue weighted by atomic mass is 9.87. The van der Waals surface area contributed by atoms with Gasteiger partial charge in [-0.25, -0.2) is 9.69 Å². The minimum absolute atomic E-state index is 0.164. The number of amides is 2. The van der Waals surface area contributed by atoms with E-state index >= 15 is 0 Å². The van der Waals surface area contributed by atoms with E-state index in [1.54, 1.807) is 36.4 Å². The molecule has 2 aromatic carbocycles. The average molecular weight is 561 g/mol. The summed E-state index contributed by atoms with van der Waals surface area (Å²) in [5, 5.41) is 0. The molecule has 2 aromatic rings. The van der Waals surface area contributed by atoms with E-state index in [2.05, 4.69) is 4.90 Å². The van der Waals surface area contributed by atoms with Crippen LogP contribution in [0.15, 0.2) is 48.5 Å². The van der Waals surface area contributed by atoms with Gasteiger partial charge in [0.2, 0.25) is 5.91 Å². The molecular weight excluding hydrogens is 520 g/mol. The highest BCUT2D eigenvalue weighted by Crippen LogP contribution is 2.36. The summed E-state index contributed by atoms with van der Waals surface area (Å²) in [4.78, 5) is 55.7. The van der Waals surface area contributed by atoms with Gasteiger partial charge in [0, 0.05) is 17.6 Å². The maximum absolute atomic E-state index is 13.8. The van der Waals surface area contributed by atoms with Crippen molar-refractivity contribution in [1.29, 1.82) is 0 Å². The summed E-state index contributed by atoms with van der Waals surface area (Å²) in [6, 6.07) is 13.2. The summed E-state index contributed by atoms with van der Waals surface area (Å²) in [5.74, 6) is -0.667. The van der Waals surface area contributed by atoms with Crippen molar-refractivity contribution in [3.05, 3.63) is 59.7 Å². The molecule has 218 valence electrons. The first-order valence-corrected chi connectivity index (χ1v) is 15.1. The van der Waals surface area contributed by atoms with Crippen molar-refractivity contribution in [2.24, 2.45) is 0 Å². The number of esters is 1. The van der Waals surface area contributed by atoms with Gasteiger partial charge >= 0.3 is 5.97 Å². The Bertz CT molecular complexity index is 1210. The van der Waals surface area contributed by atoms with Crippen molar-refractivity contribution in [3.8, 4) is 5.75 Å². The SMILES string of the molecule is CCOc1ccc(C(=O)COC(=O)c2ccc(N3C(=O)CC(N(C4CCCCC4)C4CCCCC4)C3=O)cc2)cc1. The first-order valence-electron chi connectivity index (χ1n) is 15.1. The summed E-state index contributed by atoms with van der Waals surface area (Å²) < 4.78 is 10.6. The van der Waals surface area contributed by atoms with Crippen LogP contribution in [-0.2, 0) is 14.3 Å². The Kier molecular flexibility index (Phi) is 9.49. The molecule has 0 N–H and O–H groups in total. The van der Waals surface area contributed by atoms with Gasteiger partial charge in [0.25, 0.3) is 5.91 Å². The highest BCUT2D eigenvalue weighted by atomic mass is 16.5. The van der Waals surface area contributed by atoms with Crippen molar-refractivity contribution >= 4 is 29.3 Å². The number of ether oxygens (including phenoxy) is 2. The smallest absolute Gasteiger partial charge is 0.338 e. The minimum Gasteiger partial charge on any atom is -0.494 e. The van der Waals surface area contributed by atoms with Gasteiger partial charge in [-0.1, -0.05) is 38.5 Å². The molecule has 3 aliphatic rings. The number of rotatable bonds is 10. The predicted octanol–water partition coefficient (Wildman–Crippen LogP) is 5.72. The highest BCUT2D eigenvalue weighted by Gasteiger charge is 2.47. The van der Waals surface area contributed by atoms with Crippen LogP contribution in [-0.4, -0.2) is 59.8 Å². The van der Waals surface area contributed by atoms with Gasteiger partial charge in [-0.15, -0.1) is 0 Å². The number of imide groups is 1. The lowest BCUT2D eigenvalue weighted by Gasteiger charge is -2.44. The van der Waals surface area contributed by atoms with E-state index in [9.17, 15) is 19.2 Å². The van der Waals surface area contributed by atoms with Crippen LogP contribution in [0.2, 0.25) is 0 Å². The van der Waals surface area contributed by atoms with E-state index in [-0.39, 0.29) is 29.6 Å². The molecule has 0 aromatic heterocycles. The Labute approximate surface area is 242 Å². The highest BCUT2D eigenvalue weighted by molar-refractivity contribution is 6.22. The Morgan fingerprint density at radius 2 is 1.37 bits per heavy atom. The first kappa shape index (κ1) is 29.0. The maximum Gasteiger partial charge on any atom is 0.338 e. The number of benzene rings is 2. The number of hydrogen-bond donors (Lipinski definition) is 0. The molecule has 2 saturated carbocycles. The molecule has 2 amide bonds. The van der Waals surface area contributed by atoms with Crippen molar-refractivity contribution in [3.63, 3.8) is 0 Å². The summed E-state index contributed by atoms with van der Waals surface area (Å²) in [7, 11) is 0. The van der Waals surface area contributed by atoms with Crippen LogP contribution in [0.1, 0.15) is 98.3 Å². The summed E-state index contributed by atoms with van der Waals surface area (Å²) in [6.07, 6.45) is 11.7. The fourth-order valence-corrected chi connectivity index (χ4v) is 6.63. The maximum atomic E-state index is 13.8. The molecule has 8 nitrogen and oxygen atoms in total. The third kappa shape index (κ3) is 6.70. The zero-order chi connectivity index (χ0) is 28.8. The van der Waals surface area contributed by atoms with E-state index in [4.69, 9.17) is 9.47 Å². The van der Waals surface area contributed by atoms with Crippen LogP contribution in [0.3, 0.4) is 0 Å². The summed E-state index contributed by atoms with van der Waals surface area (Å²) in [5.41, 5.74) is 1.12. The lowest BCUT2D eigenvalue weighted by molar-refractivity contribution is -0.124. The van der Waals surface area contributed by atoms with Crippen molar-refractivity contribution in [2.45, 2.75) is 95.7 Å². The molecule has 41 heavy (non-hydrogen) atoms. The third-order valence-corrected chi connectivity index (χ3v) is 8.66. The van der Waals surface area contributed by atoms with E-state index in [0.29, 0.717) is 35.7 Å². The molecule has 3 fully saturated rings. The van der Waals surface area contributed by atoms with Crippen LogP contribution in [0.25, 0.3) is 0 Å². The van der Waals surface area contributed by atoms with Gasteiger partial charge in [-0.2, -0.15) is 0 Å². The predicted molar refractivity (Wildman–Crippen MR) is 155 cm³/mol. The Balaban J connectivity index is 1.22. The molecule has 0 spiro atoms. The molecule has 8 heteroatoms. The quantitative estimate of drug-likeness (QED) is 0.208. The molecule has 5 rings (SSSR count). The van der Waals surface area contributed by atoms with Gasteiger partial charge in [0.1, 0.15) is 5.75 Å². The van der Waals surface area contributed by atoms with Crippen LogP contribution in [0, 0.1) is 0 Å². The van der Waals surface area contributed by atoms with Crippen LogP contribution in [0.5, 0.6) is 5.75 Å². The van der Waals surface area contributed by atoms with E-state index in [0.717, 1.165) is 25.7 Å². The fraction of sp³-hybridized carbons (Fsp3) is 0.515. The normalized spacial score (nSPS) is 20.4. The standard InChI is InChI=1S/C33H40N2O6/c1-2-40-28-19-15-23(16-20-28)30(36)22-41-33(39)24-13-17-27(18-14-24)35-31(37)21-29(32(35)38)34(25-9-5-3-6-10-25)26-11-7-4-8-12-26/h13-20,25-26,29H,2-12,21-22H2,1H3. The topological polar surface area (TPSA) is 93.2 Å². The molecule has 0 radical (unpaired) electrons. The summed E-state index contributed by atoms with van der Waals surface area (Å²) in [6.45, 7) is 2.02. The largest absolute Gasteiger partial charge is 0.494 e. The van der Waals surface area contributed by atoms with Crippen molar-refractivity contribution < 1.29 is 28.7 Å². The minimum atomic E-state index is -0.645. The van der Waals surface area contributed by atoms with E-state index in [1.807, 2.05) is 6.92 Å². The number of carbonyl (C=O) groups excluding carboxylic acids is 4. The number of ketones is 1. The van der Waals surface area contributed by atoms with E-state index < -0.39 is 18.6 Å². The zero-order valence-electron chi connectivity index (χ0n) is 23.9. The Hall–Kier alpha value is -3.52. The van der Waals surface area contributed by atoms with Gasteiger partial charge in [-0.05, 0) is 81.1 Å². The monoisotopic (exact) mass is 560 g/mol. The van der Waals surface area contributed by atoms with Gasteiger partial charge in [0.05, 0.1) is 30.3 Å². The Morgan fingerprint density at radius 3 is 1.93 bits per heavy atom. The lowest BCUT2D eigenvalue weighted by Crippen LogP contribution is -2.53. The van der Waals surface area contributed by atoms with Gasteiger partial charge < -0.3 is 9.47 Å². The second-order valence-electron chi connectivity index (χ2n) is 11.3. The van der Waals surface area contributed by atoms with Crippen LogP contribution >= 0.6 is 0 Å². The average Bonchev–Trinajstić information content (AvgIpc) is 3.30. The molecule has 1 unspecified atom stereocenters. The van der Waals surface area contributed by atoms with E-state index in [1.165, 1.54) is 55.6 Å². The van der Waals surface area contributed by atoms with Gasteiger partial charge in [-0.3, -0.25) is 19.3 Å². The first-order chi connectivity index (χ1) is 20.0. The molecular formula is C33H40N2O6. The fourth-order valence-electron chi connectivity index (χ4n) is 6.63. The molecule has 1 aliphatic heterocycles. The van der Waals surface area contributed by atoms with Crippen LogP contribution < -0.4 is 9.64 Å². The number of hydrogen-bond acceptors (Lipinski definition) is 7. The second kappa shape index (κ2) is 13.4. The van der Waals surface area contributed by atoms with Crippen LogP contribution in [0.4, 0.5) is 5.69 Å². The molecule has 1 atom stereocenters.